The van der Waals surface area contributed by atoms with Crippen LogP contribution in [0.5, 0.6) is 0 Å². The van der Waals surface area contributed by atoms with E-state index >= 15 is 0 Å². The molecule has 0 radical (unpaired) electrons. The standard InChI is InChI=1S/C18H23N5O3S/c19-27(25,26)15-6-4-14(5-7-15)10-11-20-18(24)16-8-9-17(22-21-16)23-12-2-1-3-13-23/h4-9H,1-3,10-13H2,(H,20,24)(H2,19,25,26). The summed E-state index contributed by atoms with van der Waals surface area (Å²) in [5, 5.41) is 16.1. The number of nitrogens with zero attached hydrogens (tertiary/aromatic N) is 3. The summed E-state index contributed by atoms with van der Waals surface area (Å²) < 4.78 is 22.5. The summed E-state index contributed by atoms with van der Waals surface area (Å²) in [7, 11) is -3.69. The van der Waals surface area contributed by atoms with Crippen molar-refractivity contribution in [2.24, 2.45) is 5.14 Å². The van der Waals surface area contributed by atoms with E-state index in [1.165, 1.54) is 18.6 Å². The number of hydrogen-bond acceptors (Lipinski definition) is 6. The summed E-state index contributed by atoms with van der Waals surface area (Å²) in [5.41, 5.74) is 1.18. The molecule has 2 heterocycles. The van der Waals surface area contributed by atoms with E-state index in [4.69, 9.17) is 5.14 Å². The number of benzene rings is 1. The molecular weight excluding hydrogens is 366 g/mol. The number of hydrogen-bond donors (Lipinski definition) is 2. The van der Waals surface area contributed by atoms with E-state index in [1.54, 1.807) is 18.2 Å². The lowest BCUT2D eigenvalue weighted by atomic mass is 10.1. The Morgan fingerprint density at radius 1 is 1.04 bits per heavy atom. The zero-order valence-corrected chi connectivity index (χ0v) is 15.8. The van der Waals surface area contributed by atoms with Gasteiger partial charge in [0.2, 0.25) is 10.0 Å². The molecule has 1 amide bonds. The van der Waals surface area contributed by atoms with Gasteiger partial charge in [-0.15, -0.1) is 10.2 Å². The molecule has 1 saturated heterocycles. The topological polar surface area (TPSA) is 118 Å². The Bertz CT molecular complexity index is 876. The highest BCUT2D eigenvalue weighted by atomic mass is 32.2. The van der Waals surface area contributed by atoms with Crippen molar-refractivity contribution in [3.05, 3.63) is 47.7 Å². The molecule has 0 aliphatic carbocycles. The van der Waals surface area contributed by atoms with Gasteiger partial charge in [0.15, 0.2) is 11.5 Å². The molecule has 1 aromatic heterocycles. The average molecular weight is 389 g/mol. The lowest BCUT2D eigenvalue weighted by Gasteiger charge is -2.27. The summed E-state index contributed by atoms with van der Waals surface area (Å²) in [4.78, 5) is 14.4. The van der Waals surface area contributed by atoms with Crippen LogP contribution in [0, 0.1) is 0 Å². The van der Waals surface area contributed by atoms with Crippen molar-refractivity contribution in [3.63, 3.8) is 0 Å². The van der Waals surface area contributed by atoms with Crippen molar-refractivity contribution in [2.75, 3.05) is 24.5 Å². The molecule has 27 heavy (non-hydrogen) atoms. The first kappa shape index (κ1) is 19.2. The molecule has 2 aromatic rings. The fourth-order valence-corrected chi connectivity index (χ4v) is 3.51. The molecule has 0 spiro atoms. The number of nitrogens with two attached hydrogens (primary N) is 1. The molecule has 1 aliphatic rings. The Labute approximate surface area is 158 Å². The highest BCUT2D eigenvalue weighted by Crippen LogP contribution is 2.16. The maximum absolute atomic E-state index is 12.2. The van der Waals surface area contributed by atoms with Gasteiger partial charge in [0, 0.05) is 19.6 Å². The van der Waals surface area contributed by atoms with Gasteiger partial charge in [0.25, 0.3) is 5.91 Å². The second-order valence-corrected chi connectivity index (χ2v) is 8.08. The van der Waals surface area contributed by atoms with Crippen LogP contribution in [0.2, 0.25) is 0 Å². The van der Waals surface area contributed by atoms with Crippen LogP contribution in [0.4, 0.5) is 5.82 Å². The normalized spacial score (nSPS) is 14.8. The number of primary sulfonamides is 1. The maximum atomic E-state index is 12.2. The van der Waals surface area contributed by atoms with Gasteiger partial charge in [-0.3, -0.25) is 4.79 Å². The number of nitrogens with one attached hydrogen (secondary N) is 1. The molecule has 0 unspecified atom stereocenters. The van der Waals surface area contributed by atoms with Gasteiger partial charge >= 0.3 is 0 Å². The lowest BCUT2D eigenvalue weighted by Crippen LogP contribution is -2.31. The molecule has 0 atom stereocenters. The Kier molecular flexibility index (Phi) is 6.02. The van der Waals surface area contributed by atoms with Gasteiger partial charge in [-0.2, -0.15) is 0 Å². The number of aromatic nitrogens is 2. The Morgan fingerprint density at radius 2 is 1.74 bits per heavy atom. The monoisotopic (exact) mass is 389 g/mol. The fraction of sp³-hybridized carbons (Fsp3) is 0.389. The first-order valence-electron chi connectivity index (χ1n) is 8.92. The van der Waals surface area contributed by atoms with Crippen LogP contribution < -0.4 is 15.4 Å². The summed E-state index contributed by atoms with van der Waals surface area (Å²) >= 11 is 0. The van der Waals surface area contributed by atoms with Gasteiger partial charge in [-0.05, 0) is 55.5 Å². The minimum Gasteiger partial charge on any atom is -0.355 e. The van der Waals surface area contributed by atoms with Crippen molar-refractivity contribution < 1.29 is 13.2 Å². The Morgan fingerprint density at radius 3 is 2.33 bits per heavy atom. The predicted octanol–water partition coefficient (Wildman–Crippen LogP) is 1.09. The smallest absolute Gasteiger partial charge is 0.271 e. The molecule has 1 aliphatic heterocycles. The van der Waals surface area contributed by atoms with Crippen molar-refractivity contribution in [3.8, 4) is 0 Å². The predicted molar refractivity (Wildman–Crippen MR) is 102 cm³/mol. The Balaban J connectivity index is 1.50. The number of carbonyl (C=O) groups is 1. The van der Waals surface area contributed by atoms with E-state index in [-0.39, 0.29) is 16.5 Å². The van der Waals surface area contributed by atoms with Crippen molar-refractivity contribution in [1.82, 2.24) is 15.5 Å². The van der Waals surface area contributed by atoms with Crippen LogP contribution in [0.3, 0.4) is 0 Å². The second-order valence-electron chi connectivity index (χ2n) is 6.52. The van der Waals surface area contributed by atoms with E-state index in [2.05, 4.69) is 20.4 Å². The number of piperidine rings is 1. The van der Waals surface area contributed by atoms with Gasteiger partial charge in [-0.25, -0.2) is 13.6 Å². The third-order valence-electron chi connectivity index (χ3n) is 4.51. The van der Waals surface area contributed by atoms with Gasteiger partial charge in [-0.1, -0.05) is 12.1 Å². The van der Waals surface area contributed by atoms with Crippen LogP contribution in [0.15, 0.2) is 41.3 Å². The zero-order valence-electron chi connectivity index (χ0n) is 15.0. The van der Waals surface area contributed by atoms with E-state index in [0.29, 0.717) is 13.0 Å². The molecule has 3 rings (SSSR count). The third-order valence-corrected chi connectivity index (χ3v) is 5.44. The molecule has 0 saturated carbocycles. The van der Waals surface area contributed by atoms with E-state index < -0.39 is 10.0 Å². The van der Waals surface area contributed by atoms with Crippen LogP contribution >= 0.6 is 0 Å². The molecule has 144 valence electrons. The maximum Gasteiger partial charge on any atom is 0.271 e. The first-order chi connectivity index (χ1) is 12.9. The molecule has 3 N–H and O–H groups in total. The van der Waals surface area contributed by atoms with Crippen molar-refractivity contribution >= 4 is 21.7 Å². The second kappa shape index (κ2) is 8.45. The van der Waals surface area contributed by atoms with E-state index in [0.717, 1.165) is 37.3 Å². The van der Waals surface area contributed by atoms with Gasteiger partial charge in [0.05, 0.1) is 4.90 Å². The highest BCUT2D eigenvalue weighted by Gasteiger charge is 2.14. The van der Waals surface area contributed by atoms with Crippen LogP contribution in [0.1, 0.15) is 35.3 Å². The molecule has 1 aromatic carbocycles. The highest BCUT2D eigenvalue weighted by molar-refractivity contribution is 7.89. The number of carbonyl (C=O) groups excluding carboxylic acids is 1. The van der Waals surface area contributed by atoms with E-state index in [1.807, 2.05) is 6.07 Å². The summed E-state index contributed by atoms with van der Waals surface area (Å²) in [6, 6.07) is 9.79. The molecule has 8 nitrogen and oxygen atoms in total. The lowest BCUT2D eigenvalue weighted by molar-refractivity contribution is 0.0948. The van der Waals surface area contributed by atoms with E-state index in [9.17, 15) is 13.2 Å². The number of sulfonamides is 1. The summed E-state index contributed by atoms with van der Waals surface area (Å²) in [5.74, 6) is 0.523. The zero-order chi connectivity index (χ0) is 19.3. The molecule has 9 heteroatoms. The number of amides is 1. The molecule has 1 fully saturated rings. The minimum absolute atomic E-state index is 0.0688. The minimum atomic E-state index is -3.69. The Hall–Kier alpha value is -2.52. The van der Waals surface area contributed by atoms with Crippen LogP contribution in [-0.4, -0.2) is 44.2 Å². The number of anilines is 1. The summed E-state index contributed by atoms with van der Waals surface area (Å²) in [6.45, 7) is 2.36. The van der Waals surface area contributed by atoms with Crippen molar-refractivity contribution in [1.29, 1.82) is 0 Å². The molecular formula is C18H23N5O3S. The third kappa shape index (κ3) is 5.24. The molecule has 0 bridgehead atoms. The first-order valence-corrected chi connectivity index (χ1v) is 10.5. The fourth-order valence-electron chi connectivity index (χ4n) is 2.99. The van der Waals surface area contributed by atoms with Crippen LogP contribution in [-0.2, 0) is 16.4 Å². The van der Waals surface area contributed by atoms with Gasteiger partial charge in [0.1, 0.15) is 0 Å². The SMILES string of the molecule is NS(=O)(=O)c1ccc(CCNC(=O)c2ccc(N3CCCCC3)nn2)cc1. The van der Waals surface area contributed by atoms with Gasteiger partial charge < -0.3 is 10.2 Å². The number of rotatable bonds is 6. The largest absolute Gasteiger partial charge is 0.355 e. The van der Waals surface area contributed by atoms with Crippen LogP contribution in [0.25, 0.3) is 0 Å². The summed E-state index contributed by atoms with van der Waals surface area (Å²) in [6.07, 6.45) is 4.12. The average Bonchev–Trinajstić information content (AvgIpc) is 2.68. The van der Waals surface area contributed by atoms with Crippen molar-refractivity contribution in [2.45, 2.75) is 30.6 Å². The quantitative estimate of drug-likeness (QED) is 0.763.